The fourth-order valence-electron chi connectivity index (χ4n) is 3.32. The number of rotatable bonds is 5. The van der Waals surface area contributed by atoms with E-state index in [0.717, 1.165) is 17.1 Å². The van der Waals surface area contributed by atoms with Crippen LogP contribution in [0.1, 0.15) is 0 Å². The molecule has 0 saturated carbocycles. The monoisotopic (exact) mass is 398 g/mol. The Kier molecular flexibility index (Phi) is 4.57. The first-order chi connectivity index (χ1) is 13.9. The van der Waals surface area contributed by atoms with E-state index in [1.54, 1.807) is 0 Å². The molecule has 0 N–H and O–H groups in total. The van der Waals surface area contributed by atoms with Crippen molar-refractivity contribution in [2.24, 2.45) is 0 Å². The lowest BCUT2D eigenvalue weighted by atomic mass is 10.2. The topological polar surface area (TPSA) is 6.48 Å². The molecule has 0 aliphatic rings. The van der Waals surface area contributed by atoms with E-state index in [9.17, 15) is 0 Å². The molecule has 5 rings (SSSR count). The smallest absolute Gasteiger partial charge is 0.0832 e. The molecule has 0 atom stereocenters. The number of hydrazine groups is 1. The first-order valence-electron chi connectivity index (χ1n) is 9.15. The van der Waals surface area contributed by atoms with Crippen LogP contribution in [0.15, 0.2) is 109 Å². The molecule has 0 bridgehead atoms. The molecule has 5 aromatic rings. The number of benzene rings is 4. The molecular formula is C24H18N2S2. The van der Waals surface area contributed by atoms with Gasteiger partial charge in [-0.15, -0.1) is 0 Å². The second kappa shape index (κ2) is 7.50. The highest BCUT2D eigenvalue weighted by atomic mass is 32.9. The summed E-state index contributed by atoms with van der Waals surface area (Å²) in [5.74, 6) is 0. The fourth-order valence-corrected chi connectivity index (χ4v) is 5.34. The van der Waals surface area contributed by atoms with Crippen molar-refractivity contribution in [3.05, 3.63) is 109 Å². The molecule has 2 nitrogen and oxygen atoms in total. The minimum Gasteiger partial charge on any atom is -0.249 e. The van der Waals surface area contributed by atoms with Crippen molar-refractivity contribution in [2.45, 2.75) is 0 Å². The van der Waals surface area contributed by atoms with Crippen molar-refractivity contribution >= 4 is 52.8 Å². The van der Waals surface area contributed by atoms with Gasteiger partial charge in [-0.25, -0.2) is 10.0 Å². The van der Waals surface area contributed by atoms with Crippen LogP contribution in [0, 0.1) is 0 Å². The number of hydrogen-bond donors (Lipinski definition) is 0. The largest absolute Gasteiger partial charge is 0.249 e. The van der Waals surface area contributed by atoms with E-state index in [-0.39, 0.29) is 0 Å². The van der Waals surface area contributed by atoms with Crippen LogP contribution >= 0.6 is 20.7 Å². The highest BCUT2D eigenvalue weighted by Gasteiger charge is 2.23. The lowest BCUT2D eigenvalue weighted by molar-refractivity contribution is 0.996. The normalized spacial score (nSPS) is 10.9. The van der Waals surface area contributed by atoms with Crippen LogP contribution in [-0.4, -0.2) is 0 Å². The van der Waals surface area contributed by atoms with Crippen LogP contribution in [0.5, 0.6) is 0 Å². The summed E-state index contributed by atoms with van der Waals surface area (Å²) >= 11 is 0. The van der Waals surface area contributed by atoms with E-state index >= 15 is 0 Å². The molecule has 1 aromatic heterocycles. The zero-order chi connectivity index (χ0) is 18.8. The van der Waals surface area contributed by atoms with Crippen LogP contribution in [0.25, 0.3) is 9.40 Å². The summed E-state index contributed by atoms with van der Waals surface area (Å²) in [6.45, 7) is 0. The van der Waals surface area contributed by atoms with Gasteiger partial charge in [-0.3, -0.25) is 0 Å². The summed E-state index contributed by atoms with van der Waals surface area (Å²) in [7, 11) is 3.67. The van der Waals surface area contributed by atoms with Crippen molar-refractivity contribution in [1.82, 2.24) is 0 Å². The van der Waals surface area contributed by atoms with Gasteiger partial charge >= 0.3 is 0 Å². The summed E-state index contributed by atoms with van der Waals surface area (Å²) in [5.41, 5.74) is 4.56. The molecule has 0 amide bonds. The minimum atomic E-state index is 1.12. The molecule has 0 aliphatic heterocycles. The number of para-hydroxylation sites is 3. The number of fused-ring (bicyclic) bond motifs is 1. The van der Waals surface area contributed by atoms with Crippen molar-refractivity contribution in [1.29, 1.82) is 0 Å². The maximum atomic E-state index is 2.32. The van der Waals surface area contributed by atoms with E-state index in [1.807, 2.05) is 20.7 Å². The van der Waals surface area contributed by atoms with Crippen molar-refractivity contribution < 1.29 is 0 Å². The standard InChI is InChI=1S/C24H18N2S2/c1-4-11-19(12-5-1)25(20-13-6-2-7-14-20)26(21-15-8-3-9-16-21)22-17-10-18-23-24(22)28-27-23/h1-18H. The van der Waals surface area contributed by atoms with Gasteiger partial charge in [-0.05, 0) is 48.5 Å². The van der Waals surface area contributed by atoms with Gasteiger partial charge in [0.15, 0.2) is 0 Å². The van der Waals surface area contributed by atoms with Gasteiger partial charge in [0.05, 0.1) is 32.1 Å². The van der Waals surface area contributed by atoms with E-state index < -0.39 is 0 Å². The highest BCUT2D eigenvalue weighted by molar-refractivity contribution is 7.78. The lowest BCUT2D eigenvalue weighted by Crippen LogP contribution is -2.35. The minimum absolute atomic E-state index is 1.12. The quantitative estimate of drug-likeness (QED) is 0.220. The Morgan fingerprint density at radius 1 is 0.429 bits per heavy atom. The molecule has 0 radical (unpaired) electrons. The van der Waals surface area contributed by atoms with Gasteiger partial charge in [-0.2, -0.15) is 0 Å². The van der Waals surface area contributed by atoms with E-state index in [1.165, 1.54) is 15.1 Å². The molecule has 136 valence electrons. The van der Waals surface area contributed by atoms with Crippen LogP contribution in [0.3, 0.4) is 0 Å². The highest BCUT2D eigenvalue weighted by Crippen LogP contribution is 2.44. The zero-order valence-electron chi connectivity index (χ0n) is 15.1. The molecule has 4 heteroatoms. The molecule has 1 heterocycles. The predicted molar refractivity (Wildman–Crippen MR) is 123 cm³/mol. The van der Waals surface area contributed by atoms with E-state index in [4.69, 9.17) is 0 Å². The van der Waals surface area contributed by atoms with Crippen LogP contribution < -0.4 is 10.0 Å². The van der Waals surface area contributed by atoms with Crippen molar-refractivity contribution in [3.63, 3.8) is 0 Å². The summed E-state index contributed by atoms with van der Waals surface area (Å²) in [6.07, 6.45) is 0. The van der Waals surface area contributed by atoms with Crippen LogP contribution in [0.4, 0.5) is 22.7 Å². The third-order valence-corrected chi connectivity index (χ3v) is 7.22. The average Bonchev–Trinajstić information content (AvgIpc) is 2.74. The molecular weight excluding hydrogens is 380 g/mol. The Hall–Kier alpha value is -3.08. The summed E-state index contributed by atoms with van der Waals surface area (Å²) in [6, 6.07) is 38.2. The summed E-state index contributed by atoms with van der Waals surface area (Å²) in [4.78, 5) is 0. The van der Waals surface area contributed by atoms with E-state index in [0.29, 0.717) is 0 Å². The zero-order valence-corrected chi connectivity index (χ0v) is 16.7. The first-order valence-corrected chi connectivity index (χ1v) is 11.3. The Balaban J connectivity index is 1.77. The SMILES string of the molecule is c1ccc(N(c2ccccc2)N(c2ccccc2)c2cccc3ssc23)cc1. The van der Waals surface area contributed by atoms with E-state index in [2.05, 4.69) is 119 Å². The summed E-state index contributed by atoms with van der Waals surface area (Å²) < 4.78 is 2.66. The third kappa shape index (κ3) is 3.07. The Morgan fingerprint density at radius 3 is 1.39 bits per heavy atom. The van der Waals surface area contributed by atoms with Gasteiger partial charge in [-0.1, -0.05) is 81.3 Å². The Morgan fingerprint density at radius 2 is 0.929 bits per heavy atom. The number of anilines is 4. The van der Waals surface area contributed by atoms with Crippen molar-refractivity contribution in [3.8, 4) is 0 Å². The second-order valence-corrected chi connectivity index (χ2v) is 8.58. The van der Waals surface area contributed by atoms with Gasteiger partial charge in [0.25, 0.3) is 0 Å². The summed E-state index contributed by atoms with van der Waals surface area (Å²) in [5, 5.41) is 4.60. The van der Waals surface area contributed by atoms with Gasteiger partial charge in [0.2, 0.25) is 0 Å². The maximum absolute atomic E-state index is 2.32. The number of nitrogens with zero attached hydrogens (tertiary/aromatic N) is 2. The fraction of sp³-hybridized carbons (Fsp3) is 0. The second-order valence-electron chi connectivity index (χ2n) is 6.40. The molecule has 0 unspecified atom stereocenters. The average molecular weight is 399 g/mol. The molecule has 28 heavy (non-hydrogen) atoms. The molecule has 0 fully saturated rings. The van der Waals surface area contributed by atoms with Crippen LogP contribution in [0.2, 0.25) is 0 Å². The third-order valence-electron chi connectivity index (χ3n) is 4.60. The van der Waals surface area contributed by atoms with Gasteiger partial charge in [0.1, 0.15) is 0 Å². The molecule has 0 aliphatic carbocycles. The Bertz CT molecular complexity index is 1120. The Labute approximate surface area is 171 Å². The van der Waals surface area contributed by atoms with Gasteiger partial charge in [0, 0.05) is 0 Å². The molecule has 0 saturated heterocycles. The maximum Gasteiger partial charge on any atom is 0.0832 e. The molecule has 4 aromatic carbocycles. The first kappa shape index (κ1) is 17.0. The number of hydrogen-bond acceptors (Lipinski definition) is 4. The van der Waals surface area contributed by atoms with Crippen LogP contribution in [-0.2, 0) is 0 Å². The molecule has 0 spiro atoms. The van der Waals surface area contributed by atoms with Crippen molar-refractivity contribution in [2.75, 3.05) is 10.0 Å². The predicted octanol–water partition coefficient (Wildman–Crippen LogP) is 7.85. The van der Waals surface area contributed by atoms with Gasteiger partial charge < -0.3 is 0 Å². The lowest BCUT2D eigenvalue weighted by Gasteiger charge is -2.39.